The Bertz CT molecular complexity index is 630. The van der Waals surface area contributed by atoms with Crippen molar-refractivity contribution in [1.29, 1.82) is 0 Å². The number of hydrogen-bond acceptors (Lipinski definition) is 4. The van der Waals surface area contributed by atoms with E-state index in [4.69, 9.17) is 0 Å². The van der Waals surface area contributed by atoms with E-state index in [9.17, 15) is 14.3 Å². The molecule has 6 heteroatoms. The fourth-order valence-electron chi connectivity index (χ4n) is 1.52. The Morgan fingerprint density at radius 2 is 1.95 bits per heavy atom. The quantitative estimate of drug-likeness (QED) is 0.933. The Balaban J connectivity index is 2.35. The van der Waals surface area contributed by atoms with E-state index >= 15 is 0 Å². The summed E-state index contributed by atoms with van der Waals surface area (Å²) >= 11 is 1.20. The van der Waals surface area contributed by atoms with Crippen LogP contribution in [0.1, 0.15) is 36.1 Å². The van der Waals surface area contributed by atoms with Crippen LogP contribution in [0.25, 0.3) is 0 Å². The molecule has 20 heavy (non-hydrogen) atoms. The number of hydrogen-bond donors (Lipinski definition) is 1. The van der Waals surface area contributed by atoms with Crippen molar-refractivity contribution in [3.8, 4) is 0 Å². The van der Waals surface area contributed by atoms with Crippen LogP contribution in [0.3, 0.4) is 0 Å². The molecule has 0 aliphatic carbocycles. The van der Waals surface area contributed by atoms with Gasteiger partial charge in [-0.3, -0.25) is 0 Å². The van der Waals surface area contributed by atoms with Gasteiger partial charge in [0, 0.05) is 17.0 Å². The molecule has 1 N–H and O–H groups in total. The second kappa shape index (κ2) is 6.00. The molecule has 0 saturated heterocycles. The smallest absolute Gasteiger partial charge is 0.355 e. The highest BCUT2D eigenvalue weighted by atomic mass is 32.2. The van der Waals surface area contributed by atoms with Gasteiger partial charge in [-0.25, -0.2) is 19.2 Å². The molecule has 0 fully saturated rings. The van der Waals surface area contributed by atoms with Crippen molar-refractivity contribution in [2.75, 3.05) is 0 Å². The topological polar surface area (TPSA) is 63.1 Å². The number of carboxylic acid groups (broad SMARTS) is 1. The predicted molar refractivity (Wildman–Crippen MR) is 73.6 cm³/mol. The van der Waals surface area contributed by atoms with Crippen LogP contribution in [-0.2, 0) is 0 Å². The van der Waals surface area contributed by atoms with E-state index in [1.807, 2.05) is 13.8 Å². The first-order valence-electron chi connectivity index (χ1n) is 6.01. The molecular weight excluding hydrogens is 279 g/mol. The fourth-order valence-corrected chi connectivity index (χ4v) is 2.38. The minimum absolute atomic E-state index is 0.0296. The average molecular weight is 292 g/mol. The SMILES string of the molecule is CC(C)c1ncc(Sc2ccc(F)cc2)c(C(=O)O)n1. The van der Waals surface area contributed by atoms with Gasteiger partial charge in [0.05, 0.1) is 4.90 Å². The maximum atomic E-state index is 12.8. The highest BCUT2D eigenvalue weighted by Gasteiger charge is 2.16. The van der Waals surface area contributed by atoms with E-state index in [0.717, 1.165) is 4.90 Å². The Labute approximate surface area is 120 Å². The van der Waals surface area contributed by atoms with Crippen LogP contribution in [-0.4, -0.2) is 21.0 Å². The van der Waals surface area contributed by atoms with Crippen LogP contribution in [0.5, 0.6) is 0 Å². The van der Waals surface area contributed by atoms with Gasteiger partial charge < -0.3 is 5.11 Å². The Morgan fingerprint density at radius 1 is 1.30 bits per heavy atom. The molecular formula is C14H13FN2O2S. The Kier molecular flexibility index (Phi) is 4.34. The van der Waals surface area contributed by atoms with Gasteiger partial charge in [-0.1, -0.05) is 25.6 Å². The lowest BCUT2D eigenvalue weighted by atomic mass is 10.2. The summed E-state index contributed by atoms with van der Waals surface area (Å²) in [5.74, 6) is -0.887. The van der Waals surface area contributed by atoms with E-state index in [-0.39, 0.29) is 17.4 Å². The van der Waals surface area contributed by atoms with Gasteiger partial charge in [0.25, 0.3) is 0 Å². The van der Waals surface area contributed by atoms with Crippen molar-refractivity contribution in [3.63, 3.8) is 0 Å². The molecule has 0 saturated carbocycles. The molecule has 2 aromatic rings. The molecule has 0 radical (unpaired) electrons. The number of rotatable bonds is 4. The molecule has 0 aliphatic rings. The number of nitrogens with zero attached hydrogens (tertiary/aromatic N) is 2. The second-order valence-electron chi connectivity index (χ2n) is 4.46. The van der Waals surface area contributed by atoms with Gasteiger partial charge in [-0.2, -0.15) is 0 Å². The van der Waals surface area contributed by atoms with Gasteiger partial charge in [-0.05, 0) is 24.3 Å². The zero-order valence-corrected chi connectivity index (χ0v) is 11.8. The summed E-state index contributed by atoms with van der Waals surface area (Å²) in [6, 6.07) is 5.82. The lowest BCUT2D eigenvalue weighted by Crippen LogP contribution is -2.08. The third-order valence-corrected chi connectivity index (χ3v) is 3.56. The van der Waals surface area contributed by atoms with E-state index in [0.29, 0.717) is 10.7 Å². The lowest BCUT2D eigenvalue weighted by molar-refractivity contribution is 0.0685. The molecule has 4 nitrogen and oxygen atoms in total. The van der Waals surface area contributed by atoms with E-state index in [2.05, 4.69) is 9.97 Å². The van der Waals surface area contributed by atoms with E-state index < -0.39 is 5.97 Å². The first-order valence-corrected chi connectivity index (χ1v) is 6.82. The molecule has 0 bridgehead atoms. The minimum Gasteiger partial charge on any atom is -0.476 e. The maximum Gasteiger partial charge on any atom is 0.355 e. The zero-order valence-electron chi connectivity index (χ0n) is 11.0. The molecule has 2 rings (SSSR count). The standard InChI is InChI=1S/C14H13FN2O2S/c1-8(2)13-16-7-11(12(17-13)14(18)19)20-10-5-3-9(15)4-6-10/h3-8H,1-2H3,(H,18,19). The number of carbonyl (C=O) groups is 1. The van der Waals surface area contributed by atoms with Gasteiger partial charge in [-0.15, -0.1) is 0 Å². The molecule has 104 valence electrons. The third kappa shape index (κ3) is 3.33. The van der Waals surface area contributed by atoms with Crippen LogP contribution >= 0.6 is 11.8 Å². The van der Waals surface area contributed by atoms with Gasteiger partial charge >= 0.3 is 5.97 Å². The minimum atomic E-state index is -1.10. The Morgan fingerprint density at radius 3 is 2.50 bits per heavy atom. The van der Waals surface area contributed by atoms with Crippen LogP contribution < -0.4 is 0 Å². The summed E-state index contributed by atoms with van der Waals surface area (Å²) in [4.78, 5) is 20.7. The lowest BCUT2D eigenvalue weighted by Gasteiger charge is -2.08. The van der Waals surface area contributed by atoms with Crippen molar-refractivity contribution in [3.05, 3.63) is 47.8 Å². The number of aromatic nitrogens is 2. The monoisotopic (exact) mass is 292 g/mol. The summed E-state index contributed by atoms with van der Waals surface area (Å²) in [5, 5.41) is 9.23. The third-order valence-electron chi connectivity index (χ3n) is 2.53. The number of benzene rings is 1. The highest BCUT2D eigenvalue weighted by molar-refractivity contribution is 7.99. The number of carboxylic acids is 1. The first-order chi connectivity index (χ1) is 9.47. The Hall–Kier alpha value is -1.95. The molecule has 1 heterocycles. The van der Waals surface area contributed by atoms with Crippen molar-refractivity contribution in [2.24, 2.45) is 0 Å². The first kappa shape index (κ1) is 14.5. The molecule has 0 atom stereocenters. The number of aromatic carboxylic acids is 1. The van der Waals surface area contributed by atoms with Gasteiger partial charge in [0.15, 0.2) is 5.69 Å². The van der Waals surface area contributed by atoms with Crippen molar-refractivity contribution in [2.45, 2.75) is 29.6 Å². The predicted octanol–water partition coefficient (Wildman–Crippen LogP) is 3.59. The van der Waals surface area contributed by atoms with Crippen molar-refractivity contribution in [1.82, 2.24) is 9.97 Å². The molecule has 1 aromatic carbocycles. The van der Waals surface area contributed by atoms with Gasteiger partial charge in [0.2, 0.25) is 0 Å². The van der Waals surface area contributed by atoms with Crippen LogP contribution in [0.4, 0.5) is 4.39 Å². The maximum absolute atomic E-state index is 12.8. The van der Waals surface area contributed by atoms with Crippen LogP contribution in [0.15, 0.2) is 40.3 Å². The molecule has 1 aromatic heterocycles. The summed E-state index contributed by atoms with van der Waals surface area (Å²) in [6.45, 7) is 3.79. The molecule has 0 unspecified atom stereocenters. The largest absolute Gasteiger partial charge is 0.476 e. The molecule has 0 amide bonds. The van der Waals surface area contributed by atoms with Crippen molar-refractivity contribution >= 4 is 17.7 Å². The summed E-state index contributed by atoms with van der Waals surface area (Å²) in [5.41, 5.74) is -0.0296. The second-order valence-corrected chi connectivity index (χ2v) is 5.57. The zero-order chi connectivity index (χ0) is 14.7. The highest BCUT2D eigenvalue weighted by Crippen LogP contribution is 2.30. The van der Waals surface area contributed by atoms with Crippen molar-refractivity contribution < 1.29 is 14.3 Å². The average Bonchev–Trinajstić information content (AvgIpc) is 2.41. The number of halogens is 1. The molecule has 0 aliphatic heterocycles. The summed E-state index contributed by atoms with van der Waals surface area (Å²) in [7, 11) is 0. The van der Waals surface area contributed by atoms with E-state index in [1.54, 1.807) is 12.1 Å². The van der Waals surface area contributed by atoms with Gasteiger partial charge in [0.1, 0.15) is 11.6 Å². The molecule has 0 spiro atoms. The van der Waals surface area contributed by atoms with E-state index in [1.165, 1.54) is 30.1 Å². The summed E-state index contributed by atoms with van der Waals surface area (Å²) < 4.78 is 12.8. The van der Waals surface area contributed by atoms with Crippen LogP contribution in [0.2, 0.25) is 0 Å². The fraction of sp³-hybridized carbons (Fsp3) is 0.214. The summed E-state index contributed by atoms with van der Waals surface area (Å²) in [6.07, 6.45) is 1.50. The van der Waals surface area contributed by atoms with Crippen LogP contribution in [0, 0.1) is 5.82 Å². The normalized spacial score (nSPS) is 10.8.